The number of unbranched alkanes of at least 4 members (excludes halogenated alkanes) is 1. The summed E-state index contributed by atoms with van der Waals surface area (Å²) < 4.78 is 44.5. The number of H-pyrrole nitrogens is 3. The standard InChI is InChI=1S/C93H124F3N19O21S/c1-8-9-19-72-85(129)107-67(34-50(2)3)77(120)39-57(75(118)26-27-78(98)121)47-137-48-80(123)104-70(35-53-21-23-59(116)24-22-53)90(134)111(6)51(4)76(119)38-54(40-79(99)122)89(133)114-32-14-20-73(114)86(130)109-69(41-58-45-100-49-103-58)84(128)106-66(25-28-81(124)125)91(135)115-46-60(117)42-74(115)87(131)108-68(36-55-43-101-63-17-12-10-15-61(55)63)83(127)105-65(29-31-97)82(126)110-71(37-56-44-102-64-18-13-11-16-62(56)64)92(136)113(33-30-93(94,95)96)52(5)88(132)112(72)7/h10-13,15-18,21-24,43-45,49-52,54,57,60,65-74,101-102,116-117H,8-9,14,19-20,25-42,46-48,97H2,1-7H3,(H2,98,121)(H2,99,122)(H,100,103)(H,104,123)(H,105,127)(H,106,128)(H,107,129)(H,108,131)(H,109,130)(H,110,126)(H,124,125)/t51-,52-,54-,57-,60+,65-,66-,67-,68-,69-,70-,71-,72-,73-,74-/m0/s1. The quantitative estimate of drug-likeness (QED) is 0.0367. The number of imidazole rings is 1. The molecule has 0 unspecified atom stereocenters. The van der Waals surface area contributed by atoms with Crippen molar-refractivity contribution in [1.29, 1.82) is 0 Å². The largest absolute Gasteiger partial charge is 0.508 e. The summed E-state index contributed by atoms with van der Waals surface area (Å²) in [4.78, 5) is 281. The number of likely N-dealkylation sites (N-methyl/N-ethyl adjacent to an activating group) is 2. The number of aliphatic hydroxyl groups excluding tert-OH is 1. The number of primary amides is 2. The summed E-state index contributed by atoms with van der Waals surface area (Å²) in [7, 11) is 2.41. The Morgan fingerprint density at radius 2 is 1.18 bits per heavy atom. The Balaban J connectivity index is 1.12. The van der Waals surface area contributed by atoms with Crippen molar-refractivity contribution < 1.29 is 115 Å². The number of carboxylic acid groups (broad SMARTS) is 1. The van der Waals surface area contributed by atoms with E-state index in [4.69, 9.17) is 17.2 Å². The number of phenols is 1. The van der Waals surface area contributed by atoms with E-state index in [0.717, 1.165) is 38.3 Å². The van der Waals surface area contributed by atoms with Crippen LogP contribution in [0.2, 0.25) is 0 Å². The first-order chi connectivity index (χ1) is 64.9. The number of amides is 14. The van der Waals surface area contributed by atoms with Crippen LogP contribution in [0.15, 0.2) is 97.7 Å². The fraction of sp³-hybridized carbons (Fsp3) is 0.538. The van der Waals surface area contributed by atoms with Crippen LogP contribution in [0.1, 0.15) is 160 Å². The first kappa shape index (κ1) is 108. The molecule has 3 saturated heterocycles. The summed E-state index contributed by atoms with van der Waals surface area (Å²) >= 11 is 0.837. The number of hydrogen-bond donors (Lipinski definition) is 16. The maximum absolute atomic E-state index is 15.8. The van der Waals surface area contributed by atoms with Gasteiger partial charge in [-0.05, 0) is 106 Å². The molecule has 0 spiro atoms. The summed E-state index contributed by atoms with van der Waals surface area (Å²) in [5, 5.41) is 51.3. The second kappa shape index (κ2) is 50.1. The van der Waals surface area contributed by atoms with Gasteiger partial charge in [0.05, 0.1) is 42.6 Å². The average Bonchev–Trinajstić information content (AvgIpc) is 1.75. The molecule has 19 N–H and O–H groups in total. The fourth-order valence-electron chi connectivity index (χ4n) is 17.3. The van der Waals surface area contributed by atoms with Crippen molar-refractivity contribution in [3.05, 3.63) is 120 Å². The molecule has 14 amide bonds. The second-order valence-corrected chi connectivity index (χ2v) is 36.7. The Hall–Kier alpha value is -13.1. The van der Waals surface area contributed by atoms with Gasteiger partial charge >= 0.3 is 12.1 Å². The van der Waals surface area contributed by atoms with Crippen LogP contribution in [0, 0.1) is 17.8 Å². The Labute approximate surface area is 792 Å². The number of aromatic amines is 3. The molecule has 744 valence electrons. The summed E-state index contributed by atoms with van der Waals surface area (Å²) in [6, 6.07) is -0.923. The predicted molar refractivity (Wildman–Crippen MR) is 493 cm³/mol. The Morgan fingerprint density at radius 1 is 0.591 bits per heavy atom. The molecule has 0 saturated carbocycles. The SMILES string of the molecule is CCCC[C@H]1C(=O)N[C@@H](CC(C)C)C(=O)C[C@H](C(=O)CCC(N)=O)CSCC(=O)N[C@@H](Cc2ccc(O)cc2)C(=O)N(C)[C@@H](C)C(=O)C[C@@H](CC(N)=O)C(=O)N2CCC[C@H]2C(=O)N[C@@H](Cc2cnc[nH]2)C(=O)N[C@@H](CCC(=O)O)C(=O)N2C[C@H](O)C[C@H]2C(=O)N[C@@H](Cc2c[nH]c3ccccc23)C(=O)N[C@@H](CCN)C(=O)N[C@@H](Cc2c[nH]c3ccccc23)C(=O)N(CCC(F)(F)F)[C@@H](C)C(=O)N1C. The number of ketones is 3. The number of fused-ring (bicyclic) bond motifs is 4. The smallest absolute Gasteiger partial charge is 0.390 e. The van der Waals surface area contributed by atoms with Crippen molar-refractivity contribution in [3.63, 3.8) is 0 Å². The molecule has 15 atom stereocenters. The third-order valence-electron chi connectivity index (χ3n) is 24.9. The molecule has 3 aliphatic rings. The molecule has 44 heteroatoms. The number of para-hydroxylation sites is 2. The van der Waals surface area contributed by atoms with Gasteiger partial charge in [-0.2, -0.15) is 24.9 Å². The van der Waals surface area contributed by atoms with E-state index in [0.29, 0.717) is 49.8 Å². The van der Waals surface area contributed by atoms with Crippen LogP contribution in [-0.4, -0.2) is 302 Å². The zero-order valence-corrected chi connectivity index (χ0v) is 78.3. The van der Waals surface area contributed by atoms with Crippen molar-refractivity contribution in [2.24, 2.45) is 35.0 Å². The number of aliphatic hydroxyl groups is 1. The van der Waals surface area contributed by atoms with Crippen molar-refractivity contribution in [1.82, 2.24) is 81.7 Å². The van der Waals surface area contributed by atoms with Crippen LogP contribution in [-0.2, 0) is 112 Å². The van der Waals surface area contributed by atoms with Crippen LogP contribution >= 0.6 is 11.8 Å². The van der Waals surface area contributed by atoms with E-state index >= 15 is 38.4 Å². The number of nitrogens with two attached hydrogens (primary N) is 3. The molecular weight excluding hydrogens is 1810 g/mol. The summed E-state index contributed by atoms with van der Waals surface area (Å²) in [5.74, 6) is -22.3. The number of aliphatic carboxylic acids is 1. The van der Waals surface area contributed by atoms with Crippen LogP contribution in [0.25, 0.3) is 21.8 Å². The zero-order chi connectivity index (χ0) is 100. The number of halogens is 3. The number of carbonyl (C=O) groups is 18. The number of benzene rings is 3. The molecule has 0 aliphatic carbocycles. The van der Waals surface area contributed by atoms with Crippen LogP contribution in [0.4, 0.5) is 13.2 Å². The van der Waals surface area contributed by atoms with E-state index in [1.54, 1.807) is 69.3 Å². The minimum Gasteiger partial charge on any atom is -0.508 e. The van der Waals surface area contributed by atoms with Gasteiger partial charge in [-0.1, -0.05) is 82.1 Å². The van der Waals surface area contributed by atoms with Crippen LogP contribution < -0.4 is 54.4 Å². The lowest BCUT2D eigenvalue weighted by Gasteiger charge is -2.37. The number of hydrogen-bond acceptors (Lipinski definition) is 23. The number of nitrogens with one attached hydrogen (secondary N) is 10. The minimum absolute atomic E-state index is 0.0623. The number of aromatic hydroxyl groups is 1. The zero-order valence-electron chi connectivity index (χ0n) is 77.5. The Morgan fingerprint density at radius 3 is 1.77 bits per heavy atom. The topological polar surface area (TPSA) is 607 Å². The van der Waals surface area contributed by atoms with Gasteiger partial charge in [0.2, 0.25) is 82.7 Å². The second-order valence-electron chi connectivity index (χ2n) is 35.6. The van der Waals surface area contributed by atoms with Gasteiger partial charge in [0, 0.05) is 162 Å². The number of alkyl halides is 3. The maximum Gasteiger partial charge on any atom is 0.390 e. The van der Waals surface area contributed by atoms with E-state index < -0.39 is 305 Å². The molecular formula is C93H124F3N19O21S. The molecule has 9 rings (SSSR count). The number of carboxylic acids is 1. The average molecular weight is 1930 g/mol. The molecule has 3 aromatic heterocycles. The van der Waals surface area contributed by atoms with Crippen molar-refractivity contribution in [2.75, 3.05) is 51.8 Å². The number of carbonyl (C=O) groups excluding carboxylic acids is 17. The van der Waals surface area contributed by atoms with Gasteiger partial charge in [0.1, 0.15) is 72.0 Å². The van der Waals surface area contributed by atoms with Gasteiger partial charge in [-0.3, -0.25) is 86.3 Å². The monoisotopic (exact) mass is 1930 g/mol. The third-order valence-corrected chi connectivity index (χ3v) is 26.0. The lowest BCUT2D eigenvalue weighted by Crippen LogP contribution is -2.61. The predicted octanol–water partition coefficient (Wildman–Crippen LogP) is 1.60. The highest BCUT2D eigenvalue weighted by Gasteiger charge is 2.47. The molecule has 137 heavy (non-hydrogen) atoms. The number of rotatable bonds is 26. The van der Waals surface area contributed by atoms with Crippen molar-refractivity contribution in [2.45, 2.75) is 248 Å². The molecule has 3 fully saturated rings. The molecule has 0 radical (unpaired) electrons. The minimum atomic E-state index is -5.00. The van der Waals surface area contributed by atoms with Gasteiger partial charge in [-0.15, -0.1) is 0 Å². The van der Waals surface area contributed by atoms with Crippen LogP contribution in [0.5, 0.6) is 5.75 Å². The first-order valence-corrected chi connectivity index (χ1v) is 46.9. The number of thioether (sulfide) groups is 1. The van der Waals surface area contributed by atoms with Crippen molar-refractivity contribution in [3.8, 4) is 5.75 Å². The van der Waals surface area contributed by atoms with E-state index in [-0.39, 0.29) is 74.7 Å². The van der Waals surface area contributed by atoms with E-state index in [2.05, 4.69) is 57.2 Å². The van der Waals surface area contributed by atoms with E-state index in [1.807, 2.05) is 0 Å². The highest BCUT2D eigenvalue weighted by atomic mass is 32.2. The summed E-state index contributed by atoms with van der Waals surface area (Å²) in [6.45, 7) is 5.27. The number of Topliss-reactive ketones (excluding diaryl/α,β-unsaturated/α-hetero) is 3. The Bertz CT molecular complexity index is 5330. The van der Waals surface area contributed by atoms with Crippen molar-refractivity contribution >= 4 is 140 Å². The highest BCUT2D eigenvalue weighted by Crippen LogP contribution is 2.31. The molecule has 3 aliphatic heterocycles. The molecule has 6 heterocycles. The Kier molecular flexibility index (Phi) is 39.3. The number of aromatic nitrogens is 4. The van der Waals surface area contributed by atoms with Gasteiger partial charge in [0.15, 0.2) is 11.6 Å². The fourth-order valence-corrected chi connectivity index (χ4v) is 18.3. The molecule has 6 aromatic rings. The van der Waals surface area contributed by atoms with Gasteiger partial charge in [0.25, 0.3) is 0 Å². The summed E-state index contributed by atoms with van der Waals surface area (Å²) in [5.41, 5.74) is 19.8. The lowest BCUT2D eigenvalue weighted by molar-refractivity contribution is -0.157. The lowest BCUT2D eigenvalue weighted by atomic mass is 9.90. The van der Waals surface area contributed by atoms with E-state index in [1.165, 1.54) is 70.2 Å². The normalized spacial score (nSPS) is 24.9. The van der Waals surface area contributed by atoms with Gasteiger partial charge in [-0.25, -0.2) is 4.98 Å². The van der Waals surface area contributed by atoms with E-state index in [9.17, 15) is 76.4 Å². The van der Waals surface area contributed by atoms with Crippen LogP contribution in [0.3, 0.4) is 0 Å². The third kappa shape index (κ3) is 30.4. The van der Waals surface area contributed by atoms with Gasteiger partial charge < -0.3 is 109 Å². The highest BCUT2D eigenvalue weighted by molar-refractivity contribution is 7.99. The molecule has 40 nitrogen and oxygen atoms in total. The molecule has 3 aromatic carbocycles. The molecule has 0 bridgehead atoms. The summed E-state index contributed by atoms with van der Waals surface area (Å²) in [6.07, 6.45) is -9.24. The first-order valence-electron chi connectivity index (χ1n) is 45.7. The maximum atomic E-state index is 15.8. The number of nitrogens with zero attached hydrogens (tertiary/aromatic N) is 6. The number of phenolic OH excluding ortho intramolecular Hbond substituents is 1.